The summed E-state index contributed by atoms with van der Waals surface area (Å²) in [5, 5.41) is 0. The molecule has 0 aromatic carbocycles. The van der Waals surface area contributed by atoms with Gasteiger partial charge in [-0.3, -0.25) is 0 Å². The van der Waals surface area contributed by atoms with Crippen LogP contribution in [0.4, 0.5) is 0 Å². The third kappa shape index (κ3) is 42.8. The van der Waals surface area contributed by atoms with Gasteiger partial charge in [-0.1, -0.05) is 206 Å². The molecule has 0 aliphatic heterocycles. The molecule has 0 saturated heterocycles. The van der Waals surface area contributed by atoms with Crippen LogP contribution in [0.25, 0.3) is 0 Å². The maximum atomic E-state index is 11.8. The molecular weight excluding hydrogens is 624 g/mol. The average Bonchev–Trinajstić information content (AvgIpc) is 3.12. The highest BCUT2D eigenvalue weighted by Gasteiger charge is 2.02. The minimum Gasteiger partial charge on any atom is -0.460 e. The van der Waals surface area contributed by atoms with E-state index in [1.54, 1.807) is 0 Å². The lowest BCUT2D eigenvalue weighted by molar-refractivity contribution is -0.142. The first kappa shape index (κ1) is 48.6. The van der Waals surface area contributed by atoms with E-state index < -0.39 is 11.9 Å². The molecular formula is C44H84O6. The van der Waals surface area contributed by atoms with Crippen molar-refractivity contribution < 1.29 is 28.5 Å². The van der Waals surface area contributed by atoms with Gasteiger partial charge < -0.3 is 18.9 Å². The highest BCUT2D eigenvalue weighted by molar-refractivity contribution is 5.91. The molecule has 0 unspecified atom stereocenters. The second-order valence-corrected chi connectivity index (χ2v) is 14.5. The van der Waals surface area contributed by atoms with E-state index in [-0.39, 0.29) is 13.2 Å². The highest BCUT2D eigenvalue weighted by atomic mass is 16.6. The maximum absolute atomic E-state index is 11.8. The quantitative estimate of drug-likeness (QED) is 0.0357. The molecule has 0 rings (SSSR count). The predicted molar refractivity (Wildman–Crippen MR) is 212 cm³/mol. The van der Waals surface area contributed by atoms with E-state index in [1.807, 2.05) is 0 Å². The highest BCUT2D eigenvalue weighted by Crippen LogP contribution is 2.15. The van der Waals surface area contributed by atoms with E-state index in [0.717, 1.165) is 25.0 Å². The van der Waals surface area contributed by atoms with E-state index in [0.29, 0.717) is 26.4 Å². The van der Waals surface area contributed by atoms with Crippen molar-refractivity contribution in [2.75, 3.05) is 39.6 Å². The zero-order valence-corrected chi connectivity index (χ0v) is 33.5. The molecule has 50 heavy (non-hydrogen) atoms. The fourth-order valence-electron chi connectivity index (χ4n) is 6.34. The number of ether oxygens (including phenoxy) is 4. The van der Waals surface area contributed by atoms with Gasteiger partial charge in [0.2, 0.25) is 0 Å². The Morgan fingerprint density at radius 1 is 0.300 bits per heavy atom. The zero-order valence-electron chi connectivity index (χ0n) is 33.5. The lowest BCUT2D eigenvalue weighted by Crippen LogP contribution is -2.11. The van der Waals surface area contributed by atoms with E-state index >= 15 is 0 Å². The van der Waals surface area contributed by atoms with Crippen molar-refractivity contribution in [3.63, 3.8) is 0 Å². The topological polar surface area (TPSA) is 71.1 Å². The monoisotopic (exact) mass is 709 g/mol. The summed E-state index contributed by atoms with van der Waals surface area (Å²) in [4.78, 5) is 23.6. The van der Waals surface area contributed by atoms with Crippen LogP contribution in [0.15, 0.2) is 12.2 Å². The summed E-state index contributed by atoms with van der Waals surface area (Å²) in [6.07, 6.45) is 45.5. The van der Waals surface area contributed by atoms with Gasteiger partial charge in [0.05, 0.1) is 13.2 Å². The first-order valence-corrected chi connectivity index (χ1v) is 21.9. The van der Waals surface area contributed by atoms with Crippen molar-refractivity contribution in [1.82, 2.24) is 0 Å². The molecule has 0 aromatic heterocycles. The molecule has 0 amide bonds. The number of carbonyl (C=O) groups excluding carboxylic acids is 2. The van der Waals surface area contributed by atoms with Crippen LogP contribution < -0.4 is 0 Å². The van der Waals surface area contributed by atoms with Crippen LogP contribution in [-0.2, 0) is 28.5 Å². The van der Waals surface area contributed by atoms with Crippen molar-refractivity contribution in [2.45, 2.75) is 219 Å². The Morgan fingerprint density at radius 2 is 0.520 bits per heavy atom. The van der Waals surface area contributed by atoms with Crippen LogP contribution in [0.5, 0.6) is 0 Å². The predicted octanol–water partition coefficient (Wildman–Crippen LogP) is 13.2. The number of rotatable bonds is 42. The SMILES string of the molecule is CCCCCCCCCCCCCCCCCCOCCOC(=O)/C=C/C(=O)OCCOCCCCCCCCCCCCCCCCCC. The van der Waals surface area contributed by atoms with E-state index in [9.17, 15) is 9.59 Å². The van der Waals surface area contributed by atoms with Crippen molar-refractivity contribution in [3.8, 4) is 0 Å². The summed E-state index contributed by atoms with van der Waals surface area (Å²) in [5.41, 5.74) is 0. The fraction of sp³-hybridized carbons (Fsp3) is 0.909. The van der Waals surface area contributed by atoms with Gasteiger partial charge in [-0.25, -0.2) is 9.59 Å². The molecule has 0 aromatic rings. The van der Waals surface area contributed by atoms with Crippen LogP contribution in [-0.4, -0.2) is 51.6 Å². The van der Waals surface area contributed by atoms with Crippen molar-refractivity contribution in [3.05, 3.63) is 12.2 Å². The molecule has 0 spiro atoms. The second kappa shape index (κ2) is 43.8. The molecule has 296 valence electrons. The van der Waals surface area contributed by atoms with Crippen molar-refractivity contribution in [2.24, 2.45) is 0 Å². The Balaban J connectivity index is 3.30. The number of hydrogen-bond donors (Lipinski definition) is 0. The summed E-state index contributed by atoms with van der Waals surface area (Å²) < 4.78 is 21.3. The smallest absolute Gasteiger partial charge is 0.331 e. The van der Waals surface area contributed by atoms with Crippen molar-refractivity contribution >= 4 is 11.9 Å². The number of carbonyl (C=O) groups is 2. The van der Waals surface area contributed by atoms with Crippen LogP contribution in [0.3, 0.4) is 0 Å². The zero-order chi connectivity index (χ0) is 36.3. The van der Waals surface area contributed by atoms with Crippen LogP contribution >= 0.6 is 0 Å². The molecule has 6 heteroatoms. The summed E-state index contributed by atoms with van der Waals surface area (Å²) in [5.74, 6) is -1.12. The molecule has 0 atom stereocenters. The molecule has 0 fully saturated rings. The Labute approximate surface area is 311 Å². The van der Waals surface area contributed by atoms with Crippen LogP contribution in [0.1, 0.15) is 219 Å². The summed E-state index contributed by atoms with van der Waals surface area (Å²) in [6.45, 7) is 7.07. The molecule has 0 aliphatic rings. The Hall–Kier alpha value is -1.40. The Kier molecular flexibility index (Phi) is 42.5. The van der Waals surface area contributed by atoms with Crippen molar-refractivity contribution in [1.29, 1.82) is 0 Å². The first-order valence-electron chi connectivity index (χ1n) is 21.9. The van der Waals surface area contributed by atoms with Gasteiger partial charge in [0.25, 0.3) is 0 Å². The minimum atomic E-state index is -0.562. The third-order valence-electron chi connectivity index (χ3n) is 9.58. The average molecular weight is 709 g/mol. The van der Waals surface area contributed by atoms with E-state index in [1.165, 1.54) is 193 Å². The minimum absolute atomic E-state index is 0.185. The Bertz CT molecular complexity index is 651. The van der Waals surface area contributed by atoms with Crippen LogP contribution in [0.2, 0.25) is 0 Å². The van der Waals surface area contributed by atoms with E-state index in [2.05, 4.69) is 13.8 Å². The lowest BCUT2D eigenvalue weighted by Gasteiger charge is -2.06. The third-order valence-corrected chi connectivity index (χ3v) is 9.58. The van der Waals surface area contributed by atoms with E-state index in [4.69, 9.17) is 18.9 Å². The van der Waals surface area contributed by atoms with Gasteiger partial charge in [-0.2, -0.15) is 0 Å². The lowest BCUT2D eigenvalue weighted by atomic mass is 10.0. The first-order chi connectivity index (χ1) is 24.7. The van der Waals surface area contributed by atoms with Crippen LogP contribution in [0, 0.1) is 0 Å². The maximum Gasteiger partial charge on any atom is 0.331 e. The fourth-order valence-corrected chi connectivity index (χ4v) is 6.34. The van der Waals surface area contributed by atoms with Gasteiger partial charge in [-0.05, 0) is 12.8 Å². The van der Waals surface area contributed by atoms with Gasteiger partial charge in [0, 0.05) is 25.4 Å². The molecule has 6 nitrogen and oxygen atoms in total. The molecule has 0 saturated carbocycles. The number of esters is 2. The summed E-state index contributed by atoms with van der Waals surface area (Å²) in [7, 11) is 0. The number of unbranched alkanes of at least 4 members (excludes halogenated alkanes) is 30. The normalized spacial score (nSPS) is 11.5. The summed E-state index contributed by atoms with van der Waals surface area (Å²) >= 11 is 0. The largest absolute Gasteiger partial charge is 0.460 e. The molecule has 0 radical (unpaired) electrons. The van der Waals surface area contributed by atoms with Gasteiger partial charge in [0.15, 0.2) is 0 Å². The molecule has 0 N–H and O–H groups in total. The molecule has 0 aliphatic carbocycles. The van der Waals surface area contributed by atoms with Gasteiger partial charge in [-0.15, -0.1) is 0 Å². The van der Waals surface area contributed by atoms with Gasteiger partial charge >= 0.3 is 11.9 Å². The number of hydrogen-bond acceptors (Lipinski definition) is 6. The Morgan fingerprint density at radius 3 is 0.760 bits per heavy atom. The van der Waals surface area contributed by atoms with Gasteiger partial charge in [0.1, 0.15) is 13.2 Å². The second-order valence-electron chi connectivity index (χ2n) is 14.5. The summed E-state index contributed by atoms with van der Waals surface area (Å²) in [6, 6.07) is 0. The molecule has 0 bridgehead atoms. The molecule has 0 heterocycles. The standard InChI is InChI=1S/C44H84O6/c1-3-5-7-9-11-13-15-17-19-21-23-25-27-29-31-33-37-47-39-41-49-43(45)35-36-44(46)50-42-40-48-38-34-32-30-28-26-24-22-20-18-16-14-12-10-8-6-4-2/h35-36H,3-34,37-42H2,1-2H3/b36-35+.